The van der Waals surface area contributed by atoms with Crippen molar-refractivity contribution >= 4 is 32.7 Å². The highest BCUT2D eigenvalue weighted by molar-refractivity contribution is 9.09. The third-order valence-electron chi connectivity index (χ3n) is 4.10. The Hall–Kier alpha value is -2.02. The molecule has 2 aromatic rings. The zero-order valence-electron chi connectivity index (χ0n) is 14.8. The van der Waals surface area contributed by atoms with E-state index in [1.54, 1.807) is 14.2 Å². The summed E-state index contributed by atoms with van der Waals surface area (Å²) in [6.07, 6.45) is -0.0238. The van der Waals surface area contributed by atoms with E-state index in [2.05, 4.69) is 21.2 Å². The smallest absolute Gasteiger partial charge is 0.382 e. The molecule has 134 valence electrons. The Labute approximate surface area is 155 Å². The molecule has 7 heteroatoms. The number of hydrogen-bond donors (Lipinski definition) is 1. The predicted octanol–water partition coefficient (Wildman–Crippen LogP) is 2.44. The van der Waals surface area contributed by atoms with Crippen LogP contribution in [0.4, 0.5) is 0 Å². The fourth-order valence-corrected chi connectivity index (χ4v) is 3.33. The number of carbonyl (C=O) groups excluding carboxylic acids is 1. The molecule has 1 aliphatic rings. The first-order valence-corrected chi connectivity index (χ1v) is 9.26. The van der Waals surface area contributed by atoms with Crippen LogP contribution in [0.3, 0.4) is 0 Å². The molecule has 0 saturated heterocycles. The lowest BCUT2D eigenvalue weighted by molar-refractivity contribution is -0.655. The molecule has 1 N–H and O–H groups in total. The van der Waals surface area contributed by atoms with Gasteiger partial charge < -0.3 is 19.5 Å². The zero-order valence-corrected chi connectivity index (χ0v) is 16.3. The van der Waals surface area contributed by atoms with Crippen LogP contribution in [0, 0.1) is 0 Å². The first-order chi connectivity index (χ1) is 12.0. The molecule has 1 aromatic heterocycles. The molecule has 0 fully saturated rings. The maximum Gasteiger partial charge on any atom is 0.382 e. The fourth-order valence-electron chi connectivity index (χ4n) is 3.00. The molecule has 2 heterocycles. The van der Waals surface area contributed by atoms with E-state index < -0.39 is 0 Å². The molecular formula is C18H22BrN2O4+. The van der Waals surface area contributed by atoms with Crippen molar-refractivity contribution < 1.29 is 23.6 Å². The predicted molar refractivity (Wildman–Crippen MR) is 98.1 cm³/mol. The summed E-state index contributed by atoms with van der Waals surface area (Å²) in [5.41, 5.74) is 1.47. The zero-order chi connectivity index (χ0) is 18.1. The van der Waals surface area contributed by atoms with Crippen molar-refractivity contribution in [3.8, 4) is 17.4 Å². The molecule has 0 aliphatic carbocycles. The van der Waals surface area contributed by atoms with Gasteiger partial charge in [0.15, 0.2) is 29.7 Å². The summed E-state index contributed by atoms with van der Waals surface area (Å²) in [5, 5.41) is 4.52. The Morgan fingerprint density at radius 2 is 2.00 bits per heavy atom. The van der Waals surface area contributed by atoms with Gasteiger partial charge in [-0.2, -0.15) is 4.57 Å². The Bertz CT molecular complexity index is 823. The van der Waals surface area contributed by atoms with E-state index in [-0.39, 0.29) is 18.1 Å². The molecular weight excluding hydrogens is 388 g/mol. The minimum Gasteiger partial charge on any atom is -0.493 e. The van der Waals surface area contributed by atoms with Gasteiger partial charge in [-0.3, -0.25) is 4.79 Å². The van der Waals surface area contributed by atoms with Crippen LogP contribution in [-0.4, -0.2) is 37.6 Å². The minimum atomic E-state index is -0.148. The first kappa shape index (κ1) is 17.8. The Balaban J connectivity index is 2.22. The number of pyridine rings is 1. The molecule has 0 saturated carbocycles. The number of amides is 1. The molecule has 1 atom stereocenters. The normalized spacial score (nSPS) is 15.8. The highest BCUT2D eigenvalue weighted by atomic mass is 79.9. The van der Waals surface area contributed by atoms with E-state index in [0.29, 0.717) is 34.8 Å². The van der Waals surface area contributed by atoms with Crippen LogP contribution in [0.2, 0.25) is 0 Å². The number of rotatable bonds is 5. The van der Waals surface area contributed by atoms with Gasteiger partial charge in [0.2, 0.25) is 5.52 Å². The van der Waals surface area contributed by atoms with Crippen LogP contribution in [-0.2, 0) is 6.54 Å². The molecule has 1 amide bonds. The summed E-state index contributed by atoms with van der Waals surface area (Å²) in [6, 6.07) is 5.69. The molecule has 0 radical (unpaired) electrons. The van der Waals surface area contributed by atoms with Gasteiger partial charge in [0, 0.05) is 11.4 Å². The second-order valence-corrected chi connectivity index (χ2v) is 6.91. The number of nitrogens with one attached hydrogen (secondary N) is 1. The Morgan fingerprint density at radius 1 is 1.32 bits per heavy atom. The van der Waals surface area contributed by atoms with E-state index >= 15 is 0 Å². The largest absolute Gasteiger partial charge is 0.493 e. The van der Waals surface area contributed by atoms with Gasteiger partial charge in [0.25, 0.3) is 5.91 Å². The monoisotopic (exact) mass is 409 g/mol. The van der Waals surface area contributed by atoms with Gasteiger partial charge in [0.05, 0.1) is 25.7 Å². The quantitative estimate of drug-likeness (QED) is 0.608. The van der Waals surface area contributed by atoms with Crippen LogP contribution in [0.5, 0.6) is 17.4 Å². The molecule has 1 aromatic carbocycles. The van der Waals surface area contributed by atoms with Crippen molar-refractivity contribution in [2.75, 3.05) is 19.5 Å². The average molecular weight is 410 g/mol. The standard InChI is InChI=1S/C18H21BrN2O4/c1-10(2)20-17(22)13-5-11-6-15(23-3)16(24-4)7-14(11)21-9-12(8-19)25-18(13)21/h5-7,10,12H,8-9H2,1-4H3/p+1. The van der Waals surface area contributed by atoms with Crippen LogP contribution < -0.4 is 24.1 Å². The molecule has 25 heavy (non-hydrogen) atoms. The van der Waals surface area contributed by atoms with Crippen LogP contribution in [0.1, 0.15) is 24.2 Å². The topological polar surface area (TPSA) is 60.7 Å². The van der Waals surface area contributed by atoms with Crippen molar-refractivity contribution in [2.24, 2.45) is 0 Å². The van der Waals surface area contributed by atoms with Crippen LogP contribution in [0.15, 0.2) is 18.2 Å². The lowest BCUT2D eigenvalue weighted by Gasteiger charge is -2.11. The summed E-state index contributed by atoms with van der Waals surface area (Å²) in [4.78, 5) is 12.7. The summed E-state index contributed by atoms with van der Waals surface area (Å²) in [7, 11) is 3.21. The van der Waals surface area contributed by atoms with Crippen LogP contribution >= 0.6 is 15.9 Å². The number of methoxy groups -OCH3 is 2. The van der Waals surface area contributed by atoms with Gasteiger partial charge in [-0.15, -0.1) is 0 Å². The molecule has 1 aliphatic heterocycles. The van der Waals surface area contributed by atoms with Gasteiger partial charge in [-0.1, -0.05) is 15.9 Å². The van der Waals surface area contributed by atoms with Crippen molar-refractivity contribution in [1.29, 1.82) is 0 Å². The van der Waals surface area contributed by atoms with Gasteiger partial charge >= 0.3 is 5.88 Å². The summed E-state index contributed by atoms with van der Waals surface area (Å²) < 4.78 is 18.9. The Kier molecular flexibility index (Phi) is 5.03. The number of hydrogen-bond acceptors (Lipinski definition) is 4. The van der Waals surface area contributed by atoms with Crippen molar-refractivity contribution in [3.05, 3.63) is 23.8 Å². The maximum absolute atomic E-state index is 12.7. The number of alkyl halides is 1. The number of halogens is 1. The number of aromatic nitrogens is 1. The first-order valence-electron chi connectivity index (χ1n) is 8.14. The number of ether oxygens (including phenoxy) is 3. The van der Waals surface area contributed by atoms with Crippen molar-refractivity contribution in [1.82, 2.24) is 5.32 Å². The van der Waals surface area contributed by atoms with Gasteiger partial charge in [-0.05, 0) is 26.0 Å². The minimum absolute atomic E-state index is 0.0238. The lowest BCUT2D eigenvalue weighted by Crippen LogP contribution is -2.37. The van der Waals surface area contributed by atoms with E-state index in [9.17, 15) is 4.79 Å². The summed E-state index contributed by atoms with van der Waals surface area (Å²) >= 11 is 3.47. The number of fused-ring (bicyclic) bond motifs is 3. The average Bonchev–Trinajstić information content (AvgIpc) is 3.03. The van der Waals surface area contributed by atoms with Crippen molar-refractivity contribution in [2.45, 2.75) is 32.5 Å². The van der Waals surface area contributed by atoms with Crippen LogP contribution in [0.25, 0.3) is 10.9 Å². The van der Waals surface area contributed by atoms with E-state index in [4.69, 9.17) is 14.2 Å². The van der Waals surface area contributed by atoms with E-state index in [1.165, 1.54) is 0 Å². The highest BCUT2D eigenvalue weighted by Gasteiger charge is 2.37. The lowest BCUT2D eigenvalue weighted by atomic mass is 10.1. The Morgan fingerprint density at radius 3 is 2.60 bits per heavy atom. The second kappa shape index (κ2) is 7.07. The number of benzene rings is 1. The van der Waals surface area contributed by atoms with E-state index in [1.807, 2.05) is 36.6 Å². The molecule has 1 unspecified atom stereocenters. The third-order valence-corrected chi connectivity index (χ3v) is 4.82. The summed E-state index contributed by atoms with van der Waals surface area (Å²) in [5.74, 6) is 1.71. The third kappa shape index (κ3) is 3.25. The molecule has 3 rings (SSSR count). The second-order valence-electron chi connectivity index (χ2n) is 6.26. The van der Waals surface area contributed by atoms with Crippen molar-refractivity contribution in [3.63, 3.8) is 0 Å². The summed E-state index contributed by atoms with van der Waals surface area (Å²) in [6.45, 7) is 4.53. The molecule has 0 spiro atoms. The molecule has 6 nitrogen and oxygen atoms in total. The number of carbonyl (C=O) groups is 1. The maximum atomic E-state index is 12.7. The SMILES string of the molecule is COc1cc2cc(C(=O)NC(C)C)c3[n+](c2cc1OC)CC(CBr)O3. The highest BCUT2D eigenvalue weighted by Crippen LogP contribution is 2.34. The van der Waals surface area contributed by atoms with Gasteiger partial charge in [0.1, 0.15) is 0 Å². The number of nitrogens with zero attached hydrogens (tertiary/aromatic N) is 1. The van der Waals surface area contributed by atoms with E-state index in [0.717, 1.165) is 10.9 Å². The fraction of sp³-hybridized carbons (Fsp3) is 0.444. The molecule has 0 bridgehead atoms. The van der Waals surface area contributed by atoms with Gasteiger partial charge in [-0.25, -0.2) is 0 Å².